The molecule has 2 atom stereocenters. The second-order valence-corrected chi connectivity index (χ2v) is 8.29. The third-order valence-corrected chi connectivity index (χ3v) is 6.31. The molecule has 0 amide bonds. The van der Waals surface area contributed by atoms with Crippen molar-refractivity contribution >= 4 is 5.69 Å². The highest BCUT2D eigenvalue weighted by Gasteiger charge is 2.52. The lowest BCUT2D eigenvalue weighted by molar-refractivity contribution is 0.230. The minimum Gasteiger partial charge on any atom is -0.380 e. The summed E-state index contributed by atoms with van der Waals surface area (Å²) < 4.78 is 20.2. The van der Waals surface area contributed by atoms with E-state index < -0.39 is 0 Å². The van der Waals surface area contributed by atoms with Gasteiger partial charge in [0.15, 0.2) is 0 Å². The van der Waals surface area contributed by atoms with Crippen molar-refractivity contribution in [3.8, 4) is 11.1 Å². The van der Waals surface area contributed by atoms with Crippen molar-refractivity contribution in [3.63, 3.8) is 0 Å². The summed E-state index contributed by atoms with van der Waals surface area (Å²) in [5.74, 6) is 1.01. The number of hydrogen-bond donors (Lipinski definition) is 1. The maximum Gasteiger partial charge on any atom is 0.141 e. The number of aromatic nitrogens is 1. The van der Waals surface area contributed by atoms with Crippen molar-refractivity contribution in [2.45, 2.75) is 64.8 Å². The Morgan fingerprint density at radius 3 is 2.67 bits per heavy atom. The average Bonchev–Trinajstić information content (AvgIpc) is 3.04. The van der Waals surface area contributed by atoms with Crippen molar-refractivity contribution in [1.29, 1.82) is 0 Å². The molecule has 1 aromatic carbocycles. The van der Waals surface area contributed by atoms with Gasteiger partial charge in [-0.3, -0.25) is 0 Å². The van der Waals surface area contributed by atoms with Crippen LogP contribution in [0.3, 0.4) is 0 Å². The van der Waals surface area contributed by atoms with Crippen LogP contribution in [0.25, 0.3) is 11.1 Å². The van der Waals surface area contributed by atoms with Crippen molar-refractivity contribution in [3.05, 3.63) is 35.0 Å². The fourth-order valence-electron chi connectivity index (χ4n) is 5.29. The van der Waals surface area contributed by atoms with Crippen LogP contribution in [0.15, 0.2) is 16.7 Å². The number of benzene rings is 1. The summed E-state index contributed by atoms with van der Waals surface area (Å²) in [6.45, 7) is 10.5. The first-order chi connectivity index (χ1) is 11.2. The third kappa shape index (κ3) is 1.98. The molecule has 2 aromatic rings. The van der Waals surface area contributed by atoms with Gasteiger partial charge in [-0.15, -0.1) is 0 Å². The molecule has 0 bridgehead atoms. The summed E-state index contributed by atoms with van der Waals surface area (Å²) in [5, 5.41) is 7.59. The van der Waals surface area contributed by atoms with Gasteiger partial charge in [0, 0.05) is 16.8 Å². The molecule has 1 saturated carbocycles. The van der Waals surface area contributed by atoms with E-state index in [1.807, 2.05) is 19.9 Å². The smallest absolute Gasteiger partial charge is 0.141 e. The zero-order valence-corrected chi connectivity index (χ0v) is 15.1. The standard InChI is InChI=1S/C20H25FN2O/c1-11-18(12(2)24-23-11)13-9-14-16(10-15(13)21)22-19(3,4)17-7-6-8-20(14,17)5/h9-10,17,22H,6-8H2,1-5H3. The number of aryl methyl sites for hydroxylation is 2. The van der Waals surface area contributed by atoms with Gasteiger partial charge in [0.2, 0.25) is 0 Å². The van der Waals surface area contributed by atoms with Crippen LogP contribution in [0.1, 0.15) is 57.1 Å². The van der Waals surface area contributed by atoms with E-state index in [1.165, 1.54) is 18.4 Å². The number of nitrogens with one attached hydrogen (secondary N) is 1. The largest absolute Gasteiger partial charge is 0.380 e. The van der Waals surface area contributed by atoms with Gasteiger partial charge in [0.1, 0.15) is 11.6 Å². The Balaban J connectivity index is 1.95. The van der Waals surface area contributed by atoms with Gasteiger partial charge in [-0.1, -0.05) is 18.5 Å². The van der Waals surface area contributed by atoms with Crippen molar-refractivity contribution < 1.29 is 8.91 Å². The highest BCUT2D eigenvalue weighted by molar-refractivity contribution is 5.74. The van der Waals surface area contributed by atoms with Gasteiger partial charge < -0.3 is 9.84 Å². The first-order valence-electron chi connectivity index (χ1n) is 8.79. The van der Waals surface area contributed by atoms with E-state index in [0.29, 0.717) is 17.2 Å². The van der Waals surface area contributed by atoms with Gasteiger partial charge in [-0.2, -0.15) is 0 Å². The molecule has 1 fully saturated rings. The molecule has 1 aliphatic carbocycles. The summed E-state index contributed by atoms with van der Waals surface area (Å²) >= 11 is 0. The van der Waals surface area contributed by atoms with E-state index in [-0.39, 0.29) is 16.8 Å². The van der Waals surface area contributed by atoms with E-state index in [1.54, 1.807) is 6.07 Å². The summed E-state index contributed by atoms with van der Waals surface area (Å²) in [7, 11) is 0. The molecule has 1 N–H and O–H groups in total. The number of nitrogens with zero attached hydrogens (tertiary/aromatic N) is 1. The molecule has 4 heteroatoms. The van der Waals surface area contributed by atoms with E-state index in [4.69, 9.17) is 4.52 Å². The summed E-state index contributed by atoms with van der Waals surface area (Å²) in [4.78, 5) is 0. The van der Waals surface area contributed by atoms with Crippen LogP contribution in [0, 0.1) is 25.6 Å². The molecule has 0 saturated heterocycles. The molecule has 4 rings (SSSR count). The van der Waals surface area contributed by atoms with Crippen molar-refractivity contribution in [1.82, 2.24) is 5.16 Å². The van der Waals surface area contributed by atoms with E-state index in [0.717, 1.165) is 23.4 Å². The summed E-state index contributed by atoms with van der Waals surface area (Å²) in [5.41, 5.74) is 4.38. The monoisotopic (exact) mass is 328 g/mol. The molecule has 1 aromatic heterocycles. The molecule has 2 heterocycles. The van der Waals surface area contributed by atoms with Crippen LogP contribution in [-0.4, -0.2) is 10.7 Å². The molecule has 2 aliphatic rings. The zero-order valence-electron chi connectivity index (χ0n) is 15.1. The minimum atomic E-state index is -0.216. The Morgan fingerprint density at radius 1 is 1.25 bits per heavy atom. The van der Waals surface area contributed by atoms with Crippen LogP contribution in [-0.2, 0) is 5.41 Å². The Bertz CT molecular complexity index is 804. The quantitative estimate of drug-likeness (QED) is 0.766. The maximum atomic E-state index is 14.9. The summed E-state index contributed by atoms with van der Waals surface area (Å²) in [6.07, 6.45) is 3.60. The van der Waals surface area contributed by atoms with Crippen molar-refractivity contribution in [2.75, 3.05) is 5.32 Å². The molecule has 0 spiro atoms. The van der Waals surface area contributed by atoms with Crippen LogP contribution in [0.5, 0.6) is 0 Å². The van der Waals surface area contributed by atoms with E-state index in [2.05, 4.69) is 31.2 Å². The van der Waals surface area contributed by atoms with Crippen molar-refractivity contribution in [2.24, 2.45) is 5.92 Å². The molecule has 24 heavy (non-hydrogen) atoms. The molecule has 0 radical (unpaired) electrons. The predicted molar refractivity (Wildman–Crippen MR) is 93.8 cm³/mol. The predicted octanol–water partition coefficient (Wildman–Crippen LogP) is 5.36. The minimum absolute atomic E-state index is 0.0186. The van der Waals surface area contributed by atoms with Crippen LogP contribution in [0.2, 0.25) is 0 Å². The lowest BCUT2D eigenvalue weighted by atomic mass is 9.63. The Kier molecular flexibility index (Phi) is 3.16. The Hall–Kier alpha value is -1.84. The van der Waals surface area contributed by atoms with Gasteiger partial charge >= 0.3 is 0 Å². The van der Waals surface area contributed by atoms with Gasteiger partial charge in [0.05, 0.1) is 11.3 Å². The van der Waals surface area contributed by atoms with Crippen LogP contribution < -0.4 is 5.32 Å². The fraction of sp³-hybridized carbons (Fsp3) is 0.550. The number of rotatable bonds is 1. The molecule has 3 nitrogen and oxygen atoms in total. The van der Waals surface area contributed by atoms with E-state index in [9.17, 15) is 4.39 Å². The number of fused-ring (bicyclic) bond motifs is 3. The summed E-state index contributed by atoms with van der Waals surface area (Å²) in [6, 6.07) is 3.70. The normalized spacial score (nSPS) is 27.5. The zero-order chi connectivity index (χ0) is 17.3. The lowest BCUT2D eigenvalue weighted by Gasteiger charge is -2.49. The number of halogens is 1. The average molecular weight is 328 g/mol. The highest BCUT2D eigenvalue weighted by atomic mass is 19.1. The lowest BCUT2D eigenvalue weighted by Crippen LogP contribution is -2.51. The topological polar surface area (TPSA) is 38.1 Å². The Morgan fingerprint density at radius 2 is 2.00 bits per heavy atom. The second kappa shape index (κ2) is 4.84. The first-order valence-corrected chi connectivity index (χ1v) is 8.79. The highest BCUT2D eigenvalue weighted by Crippen LogP contribution is 2.56. The van der Waals surface area contributed by atoms with Gasteiger partial charge in [-0.05, 0) is 69.6 Å². The molecule has 128 valence electrons. The number of anilines is 1. The first kappa shape index (κ1) is 15.7. The molecule has 1 aliphatic heterocycles. The van der Waals surface area contributed by atoms with Crippen LogP contribution in [0.4, 0.5) is 10.1 Å². The fourth-order valence-corrected chi connectivity index (χ4v) is 5.29. The third-order valence-electron chi connectivity index (χ3n) is 6.31. The number of hydrogen-bond acceptors (Lipinski definition) is 3. The van der Waals surface area contributed by atoms with Crippen LogP contribution >= 0.6 is 0 Å². The molecule has 2 unspecified atom stereocenters. The molecular weight excluding hydrogens is 303 g/mol. The van der Waals surface area contributed by atoms with E-state index >= 15 is 0 Å². The van der Waals surface area contributed by atoms with Gasteiger partial charge in [-0.25, -0.2) is 4.39 Å². The molecular formula is C20H25FN2O. The Labute approximate surface area is 142 Å². The second-order valence-electron chi connectivity index (χ2n) is 8.29. The SMILES string of the molecule is Cc1noc(C)c1-c1cc2c(cc1F)NC(C)(C)C1CCCC21C. The van der Waals surface area contributed by atoms with Gasteiger partial charge in [0.25, 0.3) is 0 Å². The maximum absolute atomic E-state index is 14.9.